The van der Waals surface area contributed by atoms with Gasteiger partial charge in [-0.05, 0) is 36.8 Å². The largest absolute Gasteiger partial charge is 0.0807 e. The molecule has 0 heteroatoms. The van der Waals surface area contributed by atoms with Gasteiger partial charge in [-0.3, -0.25) is 0 Å². The molecule has 0 radical (unpaired) electrons. The molecule has 2 rings (SSSR count). The topological polar surface area (TPSA) is 0 Å². The van der Waals surface area contributed by atoms with Crippen LogP contribution in [0.15, 0.2) is 36.4 Å². The first kappa shape index (κ1) is 13.4. The lowest BCUT2D eigenvalue weighted by atomic mass is 9.96. The minimum absolute atomic E-state index is 1.27. The maximum atomic E-state index is 2.50. The van der Waals surface area contributed by atoms with Crippen LogP contribution in [0.1, 0.15) is 69.8 Å². The second-order valence-electron chi connectivity index (χ2n) is 5.46. The van der Waals surface area contributed by atoms with E-state index in [1.165, 1.54) is 69.8 Å². The summed E-state index contributed by atoms with van der Waals surface area (Å²) in [5.74, 6) is 0. The van der Waals surface area contributed by atoms with Crippen LogP contribution in [0.25, 0.3) is 5.57 Å². The highest BCUT2D eigenvalue weighted by Crippen LogP contribution is 2.24. The average molecular weight is 242 g/mol. The molecule has 1 aromatic carbocycles. The summed E-state index contributed by atoms with van der Waals surface area (Å²) in [6.45, 7) is 0. The van der Waals surface area contributed by atoms with Crippen LogP contribution in [0.2, 0.25) is 0 Å². The van der Waals surface area contributed by atoms with Crippen molar-refractivity contribution in [1.29, 1.82) is 0 Å². The van der Waals surface area contributed by atoms with Gasteiger partial charge in [-0.1, -0.05) is 74.9 Å². The minimum Gasteiger partial charge on any atom is -0.0807 e. The highest BCUT2D eigenvalue weighted by Gasteiger charge is 2.02. The van der Waals surface area contributed by atoms with Crippen molar-refractivity contribution in [3.63, 3.8) is 0 Å². The molecule has 0 fully saturated rings. The summed E-state index contributed by atoms with van der Waals surface area (Å²) in [7, 11) is 0. The fraction of sp³-hybridized carbons (Fsp3) is 0.556. The third kappa shape index (κ3) is 4.68. The van der Waals surface area contributed by atoms with Crippen molar-refractivity contribution >= 4 is 5.57 Å². The molecule has 0 saturated heterocycles. The quantitative estimate of drug-likeness (QED) is 0.568. The fourth-order valence-electron chi connectivity index (χ4n) is 2.81. The maximum Gasteiger partial charge on any atom is -0.0228 e. The van der Waals surface area contributed by atoms with Gasteiger partial charge in [-0.25, -0.2) is 0 Å². The van der Waals surface area contributed by atoms with E-state index < -0.39 is 0 Å². The number of benzene rings is 1. The molecule has 0 N–H and O–H groups in total. The Hall–Kier alpha value is -1.04. The van der Waals surface area contributed by atoms with E-state index in [-0.39, 0.29) is 0 Å². The van der Waals surface area contributed by atoms with Crippen LogP contribution >= 0.6 is 0 Å². The Kier molecular flexibility index (Phi) is 6.05. The van der Waals surface area contributed by atoms with Crippen LogP contribution in [0.3, 0.4) is 0 Å². The van der Waals surface area contributed by atoms with E-state index in [9.17, 15) is 0 Å². The van der Waals surface area contributed by atoms with Crippen molar-refractivity contribution in [1.82, 2.24) is 0 Å². The van der Waals surface area contributed by atoms with E-state index in [0.717, 1.165) is 0 Å². The second kappa shape index (κ2) is 8.13. The van der Waals surface area contributed by atoms with Crippen molar-refractivity contribution in [3.8, 4) is 0 Å². The Balaban J connectivity index is 1.99. The summed E-state index contributed by atoms with van der Waals surface area (Å²) in [6.07, 6.45) is 16.4. The molecule has 0 atom stereocenters. The Morgan fingerprint density at radius 2 is 1.22 bits per heavy atom. The molecule has 0 heterocycles. The Morgan fingerprint density at radius 3 is 1.94 bits per heavy atom. The molecule has 1 aliphatic rings. The van der Waals surface area contributed by atoms with Crippen molar-refractivity contribution in [2.24, 2.45) is 0 Å². The molecule has 0 bridgehead atoms. The van der Waals surface area contributed by atoms with Gasteiger partial charge in [-0.15, -0.1) is 0 Å². The fourth-order valence-corrected chi connectivity index (χ4v) is 2.81. The number of allylic oxidation sites excluding steroid dienone is 2. The van der Waals surface area contributed by atoms with Crippen LogP contribution in [0, 0.1) is 0 Å². The zero-order valence-corrected chi connectivity index (χ0v) is 11.5. The standard InChI is InChI=1S/C18H26/c1-2-4-6-9-13-17(14-10-7-5-3-1)18-15-11-8-12-16-18/h8,11-13,15-16H,1-7,9-10,14H2/b17-13+. The van der Waals surface area contributed by atoms with E-state index in [2.05, 4.69) is 36.4 Å². The molecule has 18 heavy (non-hydrogen) atoms. The van der Waals surface area contributed by atoms with E-state index >= 15 is 0 Å². The van der Waals surface area contributed by atoms with Crippen LogP contribution < -0.4 is 0 Å². The van der Waals surface area contributed by atoms with Crippen LogP contribution in [0.4, 0.5) is 0 Å². The van der Waals surface area contributed by atoms with Crippen molar-refractivity contribution in [2.75, 3.05) is 0 Å². The lowest BCUT2D eigenvalue weighted by Crippen LogP contribution is -1.89. The average Bonchev–Trinajstić information content (AvgIpc) is 2.40. The van der Waals surface area contributed by atoms with Gasteiger partial charge in [0.05, 0.1) is 0 Å². The van der Waals surface area contributed by atoms with Crippen molar-refractivity contribution in [3.05, 3.63) is 42.0 Å². The highest BCUT2D eigenvalue weighted by atomic mass is 14.1. The highest BCUT2D eigenvalue weighted by molar-refractivity contribution is 5.65. The second-order valence-corrected chi connectivity index (χ2v) is 5.46. The number of rotatable bonds is 1. The van der Waals surface area contributed by atoms with Gasteiger partial charge in [0.15, 0.2) is 0 Å². The molecule has 0 amide bonds. The third-order valence-electron chi connectivity index (χ3n) is 3.94. The first-order valence-electron chi connectivity index (χ1n) is 7.71. The molecule has 1 aromatic rings. The Morgan fingerprint density at radius 1 is 0.611 bits per heavy atom. The maximum absolute atomic E-state index is 2.50. The van der Waals surface area contributed by atoms with Gasteiger partial charge in [-0.2, -0.15) is 0 Å². The monoisotopic (exact) mass is 242 g/mol. The Bertz CT molecular complexity index is 348. The first-order chi connectivity index (χ1) is 8.97. The molecule has 1 aliphatic carbocycles. The lowest BCUT2D eigenvalue weighted by molar-refractivity contribution is 0.568. The van der Waals surface area contributed by atoms with Crippen molar-refractivity contribution in [2.45, 2.75) is 64.2 Å². The summed E-state index contributed by atoms with van der Waals surface area (Å²) in [6, 6.07) is 11.0. The van der Waals surface area contributed by atoms with Crippen molar-refractivity contribution < 1.29 is 0 Å². The van der Waals surface area contributed by atoms with Gasteiger partial charge in [0.2, 0.25) is 0 Å². The SMILES string of the molecule is C1=C(/c2ccccc2)CCCCCCCCCC/1. The summed E-state index contributed by atoms with van der Waals surface area (Å²) >= 11 is 0. The summed E-state index contributed by atoms with van der Waals surface area (Å²) < 4.78 is 0. The molecule has 0 aliphatic heterocycles. The molecule has 0 spiro atoms. The van der Waals surface area contributed by atoms with Gasteiger partial charge >= 0.3 is 0 Å². The summed E-state index contributed by atoms with van der Waals surface area (Å²) in [4.78, 5) is 0. The third-order valence-corrected chi connectivity index (χ3v) is 3.94. The Labute approximate surface area is 112 Å². The predicted octanol–water partition coefficient (Wildman–Crippen LogP) is 5.98. The van der Waals surface area contributed by atoms with E-state index in [1.54, 1.807) is 5.57 Å². The molecule has 0 nitrogen and oxygen atoms in total. The smallest absolute Gasteiger partial charge is 0.0228 e. The van der Waals surface area contributed by atoms with E-state index in [4.69, 9.17) is 0 Å². The summed E-state index contributed by atoms with van der Waals surface area (Å²) in [5.41, 5.74) is 3.02. The molecule has 0 saturated carbocycles. The van der Waals surface area contributed by atoms with E-state index in [1.807, 2.05) is 0 Å². The molecule has 0 unspecified atom stereocenters. The molecular formula is C18H26. The van der Waals surface area contributed by atoms with E-state index in [0.29, 0.717) is 0 Å². The predicted molar refractivity (Wildman–Crippen MR) is 80.6 cm³/mol. The zero-order chi connectivity index (χ0) is 12.5. The zero-order valence-electron chi connectivity index (χ0n) is 11.5. The molecular weight excluding hydrogens is 216 g/mol. The minimum atomic E-state index is 1.27. The van der Waals surface area contributed by atoms with Gasteiger partial charge < -0.3 is 0 Å². The normalized spacial score (nSPS) is 22.3. The lowest BCUT2D eigenvalue weighted by Gasteiger charge is -2.10. The molecule has 98 valence electrons. The van der Waals surface area contributed by atoms with Gasteiger partial charge in [0.1, 0.15) is 0 Å². The first-order valence-corrected chi connectivity index (χ1v) is 7.71. The number of hydrogen-bond acceptors (Lipinski definition) is 0. The number of hydrogen-bond donors (Lipinski definition) is 0. The van der Waals surface area contributed by atoms with Gasteiger partial charge in [0.25, 0.3) is 0 Å². The van der Waals surface area contributed by atoms with Crippen LogP contribution in [0.5, 0.6) is 0 Å². The molecule has 0 aromatic heterocycles. The van der Waals surface area contributed by atoms with Crippen LogP contribution in [-0.4, -0.2) is 0 Å². The van der Waals surface area contributed by atoms with Gasteiger partial charge in [0, 0.05) is 0 Å². The van der Waals surface area contributed by atoms with Crippen LogP contribution in [-0.2, 0) is 0 Å². The summed E-state index contributed by atoms with van der Waals surface area (Å²) in [5, 5.41) is 0.